The number of aliphatic hydroxyl groups is 1. The Morgan fingerprint density at radius 1 is 1.00 bits per heavy atom. The average molecular weight is 325 g/mol. The third-order valence-corrected chi connectivity index (χ3v) is 2.73. The first kappa shape index (κ1) is 18.3. The van der Waals surface area contributed by atoms with Crippen LogP contribution in [-0.4, -0.2) is 41.6 Å². The van der Waals surface area contributed by atoms with E-state index in [0.29, 0.717) is 6.54 Å². The Hall–Kier alpha value is -1.72. The highest BCUT2D eigenvalue weighted by Crippen LogP contribution is 2.42. The Morgan fingerprint density at radius 3 is 1.95 bits per heavy atom. The van der Waals surface area contributed by atoms with Crippen molar-refractivity contribution in [3.8, 4) is 11.8 Å². The summed E-state index contributed by atoms with van der Waals surface area (Å²) in [5, 5.41) is 8.84. The molecule has 0 amide bonds. The number of benzene rings is 1. The van der Waals surface area contributed by atoms with Crippen LogP contribution in [0.2, 0.25) is 0 Å². The molecule has 2 nitrogen and oxygen atoms in total. The zero-order valence-electron chi connectivity index (χ0n) is 11.5. The Balaban J connectivity index is 2.79. The van der Waals surface area contributed by atoms with E-state index in [1.165, 1.54) is 11.9 Å². The summed E-state index contributed by atoms with van der Waals surface area (Å²) < 4.78 is 74.3. The maximum atomic E-state index is 12.4. The summed E-state index contributed by atoms with van der Waals surface area (Å²) in [4.78, 5) is 1.43. The predicted molar refractivity (Wildman–Crippen MR) is 67.6 cm³/mol. The predicted octanol–water partition coefficient (Wildman–Crippen LogP) is 2.98. The molecule has 122 valence electrons. The summed E-state index contributed by atoms with van der Waals surface area (Å²) in [6.45, 7) is -0.0602. The molecule has 1 aromatic carbocycles. The van der Waals surface area contributed by atoms with Gasteiger partial charge in [0.15, 0.2) is 0 Å². The summed E-state index contributed by atoms with van der Waals surface area (Å²) in [6.07, 6.45) is -11.8. The van der Waals surface area contributed by atoms with Gasteiger partial charge in [-0.25, -0.2) is 0 Å². The smallest absolute Gasteiger partial charge is 0.363 e. The Kier molecular flexibility index (Phi) is 5.49. The average Bonchev–Trinajstić information content (AvgIpc) is 2.37. The van der Waals surface area contributed by atoms with Gasteiger partial charge in [-0.15, -0.1) is 0 Å². The van der Waals surface area contributed by atoms with Crippen molar-refractivity contribution in [1.29, 1.82) is 0 Å². The van der Waals surface area contributed by atoms with E-state index in [2.05, 4.69) is 0 Å². The Bertz CT molecular complexity index is 526. The second kappa shape index (κ2) is 6.58. The molecule has 1 aromatic rings. The Morgan fingerprint density at radius 2 is 1.50 bits per heavy atom. The minimum atomic E-state index is -5.92. The molecule has 1 rings (SSSR count). The largest absolute Gasteiger partial charge is 0.438 e. The van der Waals surface area contributed by atoms with Crippen LogP contribution in [0.4, 0.5) is 26.3 Å². The lowest BCUT2D eigenvalue weighted by Crippen LogP contribution is -2.55. The highest BCUT2D eigenvalue weighted by atomic mass is 19.4. The molecule has 0 atom stereocenters. The summed E-state index contributed by atoms with van der Waals surface area (Å²) in [5.74, 6) is 2.65. The van der Waals surface area contributed by atoms with Crippen LogP contribution in [0.3, 0.4) is 0 Å². The fourth-order valence-corrected chi connectivity index (χ4v) is 1.56. The minimum absolute atomic E-state index is 0.298. The first-order valence-corrected chi connectivity index (χ1v) is 6.05. The molecule has 0 bridgehead atoms. The van der Waals surface area contributed by atoms with Crippen LogP contribution >= 0.6 is 0 Å². The second-order valence-corrected chi connectivity index (χ2v) is 4.67. The van der Waals surface area contributed by atoms with Crippen LogP contribution in [-0.2, 0) is 6.54 Å². The lowest BCUT2D eigenvalue weighted by molar-refractivity contribution is -0.343. The first-order valence-electron chi connectivity index (χ1n) is 6.05. The quantitative estimate of drug-likeness (QED) is 0.682. The van der Waals surface area contributed by atoms with Crippen molar-refractivity contribution in [2.45, 2.75) is 24.5 Å². The van der Waals surface area contributed by atoms with E-state index < -0.39 is 18.0 Å². The van der Waals surface area contributed by atoms with E-state index in [9.17, 15) is 26.3 Å². The number of halogens is 6. The van der Waals surface area contributed by atoms with Gasteiger partial charge < -0.3 is 5.11 Å². The lowest BCUT2D eigenvalue weighted by Gasteiger charge is -2.27. The molecule has 0 saturated carbocycles. The van der Waals surface area contributed by atoms with E-state index in [1.807, 2.05) is 0 Å². The number of alkyl halides is 6. The molecule has 1 N–H and O–H groups in total. The zero-order chi connectivity index (χ0) is 17.0. The maximum absolute atomic E-state index is 12.4. The standard InChI is InChI=1S/C14H13F6NO/c1-21(10-11-6-3-2-4-7-11)9-5-8-12(22,13(15,16)17)14(18,19)20/h2-4,6-7,22H,9-10H2,1H3. The van der Waals surface area contributed by atoms with Crippen molar-refractivity contribution in [3.63, 3.8) is 0 Å². The molecule has 0 unspecified atom stereocenters. The van der Waals surface area contributed by atoms with Crippen molar-refractivity contribution in [2.75, 3.05) is 13.6 Å². The topological polar surface area (TPSA) is 23.5 Å². The van der Waals surface area contributed by atoms with Crippen molar-refractivity contribution < 1.29 is 31.4 Å². The Labute approximate surface area is 123 Å². The zero-order valence-corrected chi connectivity index (χ0v) is 11.5. The summed E-state index contributed by atoms with van der Waals surface area (Å²) in [5.41, 5.74) is -4.19. The molecule has 0 aliphatic carbocycles. The normalized spacial score (nSPS) is 13.0. The highest BCUT2D eigenvalue weighted by molar-refractivity contribution is 5.22. The molecule has 8 heteroatoms. The summed E-state index contributed by atoms with van der Waals surface area (Å²) >= 11 is 0. The molecule has 0 aliphatic heterocycles. The van der Waals surface area contributed by atoms with Gasteiger partial charge in [-0.1, -0.05) is 36.3 Å². The minimum Gasteiger partial charge on any atom is -0.363 e. The van der Waals surface area contributed by atoms with Gasteiger partial charge in [0.1, 0.15) is 0 Å². The number of hydrogen-bond acceptors (Lipinski definition) is 2. The molecule has 0 spiro atoms. The monoisotopic (exact) mass is 325 g/mol. The number of hydrogen-bond donors (Lipinski definition) is 1. The molecule has 0 radical (unpaired) electrons. The fraction of sp³-hybridized carbons (Fsp3) is 0.429. The molecule has 0 aliphatic rings. The molecular weight excluding hydrogens is 312 g/mol. The third-order valence-electron chi connectivity index (χ3n) is 2.73. The van der Waals surface area contributed by atoms with Crippen LogP contribution in [0.1, 0.15) is 5.56 Å². The third kappa shape index (κ3) is 4.39. The molecule has 0 aromatic heterocycles. The van der Waals surface area contributed by atoms with Crippen LogP contribution < -0.4 is 0 Å². The van der Waals surface area contributed by atoms with Crippen molar-refractivity contribution in [2.24, 2.45) is 0 Å². The van der Waals surface area contributed by atoms with E-state index >= 15 is 0 Å². The van der Waals surface area contributed by atoms with Gasteiger partial charge in [-0.3, -0.25) is 4.90 Å². The van der Waals surface area contributed by atoms with Gasteiger partial charge in [0, 0.05) is 6.54 Å². The SMILES string of the molecule is CN(CC#CC(O)(C(F)(F)F)C(F)(F)F)Cc1ccccc1. The molecule has 0 fully saturated rings. The van der Waals surface area contributed by atoms with Crippen LogP contribution in [0.5, 0.6) is 0 Å². The molecule has 0 heterocycles. The molecular formula is C14H13F6NO. The van der Waals surface area contributed by atoms with Gasteiger partial charge in [0.2, 0.25) is 0 Å². The van der Waals surface area contributed by atoms with Gasteiger partial charge in [0.05, 0.1) is 6.54 Å². The van der Waals surface area contributed by atoms with E-state index in [0.717, 1.165) is 11.5 Å². The second-order valence-electron chi connectivity index (χ2n) is 4.67. The number of rotatable bonds is 3. The van der Waals surface area contributed by atoms with Crippen molar-refractivity contribution in [3.05, 3.63) is 35.9 Å². The number of nitrogens with zero attached hydrogens (tertiary/aromatic N) is 1. The van der Waals surface area contributed by atoms with Gasteiger partial charge in [-0.05, 0) is 18.5 Å². The van der Waals surface area contributed by atoms with Crippen LogP contribution in [0, 0.1) is 11.8 Å². The van der Waals surface area contributed by atoms with Crippen molar-refractivity contribution >= 4 is 0 Å². The van der Waals surface area contributed by atoms with E-state index in [-0.39, 0.29) is 6.54 Å². The van der Waals surface area contributed by atoms with Crippen LogP contribution in [0.25, 0.3) is 0 Å². The van der Waals surface area contributed by atoms with Crippen molar-refractivity contribution in [1.82, 2.24) is 4.90 Å². The maximum Gasteiger partial charge on any atom is 0.438 e. The first-order chi connectivity index (χ1) is 9.97. The van der Waals surface area contributed by atoms with Gasteiger partial charge in [-0.2, -0.15) is 26.3 Å². The van der Waals surface area contributed by atoms with Gasteiger partial charge >= 0.3 is 18.0 Å². The van der Waals surface area contributed by atoms with E-state index in [4.69, 9.17) is 5.11 Å². The highest BCUT2D eigenvalue weighted by Gasteiger charge is 2.70. The van der Waals surface area contributed by atoms with Crippen LogP contribution in [0.15, 0.2) is 30.3 Å². The van der Waals surface area contributed by atoms with E-state index in [1.54, 1.807) is 36.3 Å². The van der Waals surface area contributed by atoms with Gasteiger partial charge in [0.25, 0.3) is 0 Å². The fourth-order valence-electron chi connectivity index (χ4n) is 1.56. The summed E-state index contributed by atoms with van der Waals surface area (Å²) in [7, 11) is 1.49. The summed E-state index contributed by atoms with van der Waals surface area (Å²) in [6, 6.07) is 8.79. The molecule has 22 heavy (non-hydrogen) atoms. The lowest BCUT2D eigenvalue weighted by atomic mass is 10.0. The molecule has 0 saturated heterocycles.